The van der Waals surface area contributed by atoms with E-state index in [1.165, 1.54) is 6.92 Å². The summed E-state index contributed by atoms with van der Waals surface area (Å²) in [7, 11) is 0. The van der Waals surface area contributed by atoms with Gasteiger partial charge in [-0.25, -0.2) is 9.59 Å². The Balaban J connectivity index is 1.28. The van der Waals surface area contributed by atoms with Crippen molar-refractivity contribution in [3.05, 3.63) is 179 Å². The van der Waals surface area contributed by atoms with Gasteiger partial charge in [0.05, 0.1) is 18.6 Å². The topological polar surface area (TPSA) is 88.2 Å². The first kappa shape index (κ1) is 33.5. The molecule has 0 aromatic heterocycles. The van der Waals surface area contributed by atoms with Crippen molar-refractivity contribution in [3.8, 4) is 0 Å². The summed E-state index contributed by atoms with van der Waals surface area (Å²) in [5.41, 5.74) is 5.70. The van der Waals surface area contributed by atoms with Gasteiger partial charge in [0, 0.05) is 19.2 Å². The summed E-state index contributed by atoms with van der Waals surface area (Å²) in [5, 5.41) is 2.72. The molecule has 0 saturated carbocycles. The van der Waals surface area contributed by atoms with E-state index in [0.29, 0.717) is 18.8 Å². The van der Waals surface area contributed by atoms with Crippen LogP contribution in [0, 0.1) is 0 Å². The Morgan fingerprint density at radius 2 is 1.29 bits per heavy atom. The van der Waals surface area contributed by atoms with Gasteiger partial charge < -0.3 is 14.8 Å². The lowest BCUT2D eigenvalue weighted by Crippen LogP contribution is -2.53. The number of esters is 1. The molecular weight excluding hydrogens is 638 g/mol. The quantitative estimate of drug-likeness (QED) is 0.120. The number of cyclic esters (lactones) is 1. The number of rotatable bonds is 11. The number of anilines is 1. The molecule has 1 saturated heterocycles. The standard InChI is InChI=1S/C43H39N3O5/c1-31(47)44-27-39-29-45(42(49)51-39)38-24-22-33(23-25-38)34-26-40(41(48)50-30-32-14-6-2-7-15-32)46(28-34)43(35-16-8-3-9-17-35,36-18-10-4-11-19-36)37-20-12-5-13-21-37/h2-26,39-40H,27-30H2,1H3,(H,44,47)/t39-,40-/m0/s1. The van der Waals surface area contributed by atoms with E-state index in [0.717, 1.165) is 33.4 Å². The van der Waals surface area contributed by atoms with Crippen molar-refractivity contribution in [2.45, 2.75) is 31.2 Å². The summed E-state index contributed by atoms with van der Waals surface area (Å²) in [6.07, 6.45) is 1.13. The van der Waals surface area contributed by atoms with Crippen LogP contribution < -0.4 is 10.2 Å². The van der Waals surface area contributed by atoms with Gasteiger partial charge in [0.2, 0.25) is 5.91 Å². The summed E-state index contributed by atoms with van der Waals surface area (Å²) >= 11 is 0. The van der Waals surface area contributed by atoms with Gasteiger partial charge in [-0.15, -0.1) is 0 Å². The lowest BCUT2D eigenvalue weighted by atomic mass is 9.75. The third kappa shape index (κ3) is 6.91. The fraction of sp³-hybridized carbons (Fsp3) is 0.186. The van der Waals surface area contributed by atoms with Crippen LogP contribution in [0.25, 0.3) is 5.57 Å². The molecule has 5 aromatic rings. The van der Waals surface area contributed by atoms with Crippen LogP contribution >= 0.6 is 0 Å². The van der Waals surface area contributed by atoms with Gasteiger partial charge >= 0.3 is 12.1 Å². The van der Waals surface area contributed by atoms with Crippen molar-refractivity contribution >= 4 is 29.2 Å². The number of carbonyl (C=O) groups is 3. The summed E-state index contributed by atoms with van der Waals surface area (Å²) in [6, 6.07) is 47.6. The third-order valence-electron chi connectivity index (χ3n) is 9.51. The molecule has 1 fully saturated rings. The Bertz CT molecular complexity index is 1900. The zero-order chi connectivity index (χ0) is 35.2. The Kier molecular flexibility index (Phi) is 9.76. The average molecular weight is 678 g/mol. The number of hydrogen-bond donors (Lipinski definition) is 1. The predicted molar refractivity (Wildman–Crippen MR) is 197 cm³/mol. The molecule has 8 heteroatoms. The molecule has 0 aliphatic carbocycles. The van der Waals surface area contributed by atoms with E-state index in [2.05, 4.69) is 46.6 Å². The molecule has 7 rings (SSSR count). The van der Waals surface area contributed by atoms with Gasteiger partial charge in [0.15, 0.2) is 0 Å². The molecule has 0 bridgehead atoms. The van der Waals surface area contributed by atoms with E-state index in [1.807, 2.05) is 115 Å². The molecule has 2 amide bonds. The van der Waals surface area contributed by atoms with Crippen molar-refractivity contribution in [1.29, 1.82) is 0 Å². The lowest BCUT2D eigenvalue weighted by Gasteiger charge is -2.46. The zero-order valence-electron chi connectivity index (χ0n) is 28.4. The van der Waals surface area contributed by atoms with E-state index in [-0.39, 0.29) is 25.0 Å². The molecule has 2 heterocycles. The van der Waals surface area contributed by atoms with Crippen LogP contribution in [0.5, 0.6) is 0 Å². The number of ether oxygens (including phenoxy) is 2. The minimum atomic E-state index is -0.860. The highest BCUT2D eigenvalue weighted by Gasteiger charge is 2.49. The van der Waals surface area contributed by atoms with Crippen LogP contribution in [-0.2, 0) is 31.2 Å². The molecule has 1 N–H and O–H groups in total. The zero-order valence-corrected chi connectivity index (χ0v) is 28.4. The van der Waals surface area contributed by atoms with Crippen molar-refractivity contribution in [3.63, 3.8) is 0 Å². The number of hydrogen-bond acceptors (Lipinski definition) is 6. The SMILES string of the molecule is CC(=O)NC[C@H]1CN(c2ccc(C3=C[C@@H](C(=O)OCc4ccccc4)N(C(c4ccccc4)(c4ccccc4)c4ccccc4)C3)cc2)C(=O)O1. The van der Waals surface area contributed by atoms with E-state index in [4.69, 9.17) is 9.47 Å². The molecule has 5 aromatic carbocycles. The molecule has 8 nitrogen and oxygen atoms in total. The smallest absolute Gasteiger partial charge is 0.414 e. The summed E-state index contributed by atoms with van der Waals surface area (Å²) < 4.78 is 11.5. The molecule has 2 aliphatic heterocycles. The molecule has 256 valence electrons. The van der Waals surface area contributed by atoms with Crippen LogP contribution in [0.4, 0.5) is 10.5 Å². The normalized spacial score (nSPS) is 17.5. The first-order chi connectivity index (χ1) is 24.9. The Morgan fingerprint density at radius 1 is 0.765 bits per heavy atom. The second-order valence-corrected chi connectivity index (χ2v) is 12.8. The molecule has 2 atom stereocenters. The maximum Gasteiger partial charge on any atom is 0.414 e. The largest absolute Gasteiger partial charge is 0.459 e. The summed E-state index contributed by atoms with van der Waals surface area (Å²) in [6.45, 7) is 2.62. The highest BCUT2D eigenvalue weighted by atomic mass is 16.6. The van der Waals surface area contributed by atoms with Gasteiger partial charge in [-0.3, -0.25) is 14.6 Å². The van der Waals surface area contributed by atoms with Crippen molar-refractivity contribution in [2.24, 2.45) is 0 Å². The number of amides is 2. The maximum atomic E-state index is 14.3. The molecule has 0 unspecified atom stereocenters. The van der Waals surface area contributed by atoms with Crippen LogP contribution in [0.3, 0.4) is 0 Å². The predicted octanol–water partition coefficient (Wildman–Crippen LogP) is 6.95. The minimum Gasteiger partial charge on any atom is -0.459 e. The summed E-state index contributed by atoms with van der Waals surface area (Å²) in [5.74, 6) is -0.520. The number of benzene rings is 5. The second-order valence-electron chi connectivity index (χ2n) is 12.8. The Labute approximate surface area is 297 Å². The maximum absolute atomic E-state index is 14.3. The van der Waals surface area contributed by atoms with E-state index in [1.54, 1.807) is 4.90 Å². The first-order valence-electron chi connectivity index (χ1n) is 17.1. The van der Waals surface area contributed by atoms with Crippen LogP contribution in [0.15, 0.2) is 152 Å². The highest BCUT2D eigenvalue weighted by molar-refractivity contribution is 5.90. The Morgan fingerprint density at radius 3 is 1.82 bits per heavy atom. The fourth-order valence-electron chi connectivity index (χ4n) is 7.13. The van der Waals surface area contributed by atoms with Gasteiger partial charge in [0.1, 0.15) is 18.8 Å². The molecule has 0 radical (unpaired) electrons. The molecular formula is C43H39N3O5. The second kappa shape index (κ2) is 14.9. The molecule has 0 spiro atoms. The Hall–Kier alpha value is -5.99. The van der Waals surface area contributed by atoms with Crippen LogP contribution in [0.1, 0.15) is 34.7 Å². The highest BCUT2D eigenvalue weighted by Crippen LogP contribution is 2.47. The van der Waals surface area contributed by atoms with Crippen molar-refractivity contribution in [1.82, 2.24) is 10.2 Å². The van der Waals surface area contributed by atoms with Gasteiger partial charge in [-0.1, -0.05) is 140 Å². The fourth-order valence-corrected chi connectivity index (χ4v) is 7.13. The van der Waals surface area contributed by atoms with E-state index >= 15 is 0 Å². The third-order valence-corrected chi connectivity index (χ3v) is 9.51. The van der Waals surface area contributed by atoms with Gasteiger partial charge in [0.25, 0.3) is 0 Å². The van der Waals surface area contributed by atoms with Crippen LogP contribution in [-0.4, -0.2) is 54.6 Å². The van der Waals surface area contributed by atoms with Gasteiger partial charge in [-0.2, -0.15) is 0 Å². The van der Waals surface area contributed by atoms with Crippen molar-refractivity contribution in [2.75, 3.05) is 24.5 Å². The number of carbonyl (C=O) groups excluding carboxylic acids is 3. The molecule has 2 aliphatic rings. The first-order valence-corrected chi connectivity index (χ1v) is 17.1. The minimum absolute atomic E-state index is 0.158. The average Bonchev–Trinajstić information content (AvgIpc) is 3.79. The summed E-state index contributed by atoms with van der Waals surface area (Å²) in [4.78, 5) is 42.3. The lowest BCUT2D eigenvalue weighted by molar-refractivity contribution is -0.150. The number of nitrogens with zero attached hydrogens (tertiary/aromatic N) is 2. The monoisotopic (exact) mass is 677 g/mol. The van der Waals surface area contributed by atoms with E-state index in [9.17, 15) is 14.4 Å². The van der Waals surface area contributed by atoms with Gasteiger partial charge in [-0.05, 0) is 45.5 Å². The molecule has 51 heavy (non-hydrogen) atoms. The van der Waals surface area contributed by atoms with Crippen molar-refractivity contribution < 1.29 is 23.9 Å². The number of nitrogens with one attached hydrogen (secondary N) is 1. The van der Waals surface area contributed by atoms with E-state index < -0.39 is 23.8 Å². The van der Waals surface area contributed by atoms with Crippen LogP contribution in [0.2, 0.25) is 0 Å².